The fourth-order valence-electron chi connectivity index (χ4n) is 5.72. The Balaban J connectivity index is 1.66. The van der Waals surface area contributed by atoms with E-state index in [0.717, 1.165) is 20.6 Å². The molecule has 1 fully saturated rings. The Kier molecular flexibility index (Phi) is 5.80. The van der Waals surface area contributed by atoms with Crippen LogP contribution in [0.1, 0.15) is 22.6 Å². The van der Waals surface area contributed by atoms with Crippen molar-refractivity contribution in [1.29, 1.82) is 0 Å². The molecule has 0 radical (unpaired) electrons. The standard InChI is InChI=1S/C28H23BrN2O4S/c1-34-20-15-30-16-21-24(20)27(33)26(32)25(36-22-9-5-6-14-31-22)23(17-7-3-2-4-8-17)28(27,35-21)18-10-12-19(29)13-11-18/h2-16,23,25-26,32-33H,1H3/t23-,25-,26-,27+,28+/m1/s1. The van der Waals surface area contributed by atoms with Gasteiger partial charge in [0.05, 0.1) is 35.3 Å². The number of aliphatic hydroxyl groups excluding tert-OH is 1. The molecule has 2 aromatic heterocycles. The number of thioether (sulfide) groups is 1. The van der Waals surface area contributed by atoms with Crippen molar-refractivity contribution in [2.24, 2.45) is 0 Å². The van der Waals surface area contributed by atoms with Gasteiger partial charge in [0.15, 0.2) is 11.2 Å². The maximum Gasteiger partial charge on any atom is 0.178 e. The van der Waals surface area contributed by atoms with Gasteiger partial charge in [-0.25, -0.2) is 4.98 Å². The van der Waals surface area contributed by atoms with Crippen LogP contribution in [0.15, 0.2) is 101 Å². The molecule has 0 saturated heterocycles. The molecule has 1 aliphatic carbocycles. The first-order valence-electron chi connectivity index (χ1n) is 11.5. The van der Waals surface area contributed by atoms with Crippen molar-refractivity contribution >= 4 is 27.7 Å². The molecule has 5 atom stereocenters. The molecule has 0 bridgehead atoms. The first kappa shape index (κ1) is 23.5. The number of ether oxygens (including phenoxy) is 2. The number of fused-ring (bicyclic) bond motifs is 3. The molecule has 6 rings (SSSR count). The summed E-state index contributed by atoms with van der Waals surface area (Å²) in [4.78, 5) is 8.76. The number of hydrogen-bond acceptors (Lipinski definition) is 7. The number of rotatable bonds is 5. The number of aromatic nitrogens is 2. The highest BCUT2D eigenvalue weighted by Crippen LogP contribution is 2.70. The third-order valence-electron chi connectivity index (χ3n) is 7.15. The first-order chi connectivity index (χ1) is 17.5. The summed E-state index contributed by atoms with van der Waals surface area (Å²) in [5.41, 5.74) is -1.12. The lowest BCUT2D eigenvalue weighted by Crippen LogP contribution is -2.52. The number of hydrogen-bond donors (Lipinski definition) is 2. The van der Waals surface area contributed by atoms with Gasteiger partial charge in [0.1, 0.15) is 17.6 Å². The molecule has 0 amide bonds. The van der Waals surface area contributed by atoms with Gasteiger partial charge in [-0.15, -0.1) is 0 Å². The summed E-state index contributed by atoms with van der Waals surface area (Å²) in [5.74, 6) is 0.299. The molecule has 0 spiro atoms. The molecule has 2 aromatic carbocycles. The minimum atomic E-state index is -1.84. The molecule has 2 aliphatic rings. The van der Waals surface area contributed by atoms with E-state index in [1.165, 1.54) is 18.9 Å². The molecular formula is C28H23BrN2O4S. The van der Waals surface area contributed by atoms with E-state index in [4.69, 9.17) is 9.47 Å². The Hall–Kier alpha value is -2.91. The van der Waals surface area contributed by atoms with Crippen LogP contribution in [0.3, 0.4) is 0 Å². The lowest BCUT2D eigenvalue weighted by atomic mass is 9.71. The van der Waals surface area contributed by atoms with E-state index in [2.05, 4.69) is 25.9 Å². The van der Waals surface area contributed by atoms with Crippen molar-refractivity contribution in [2.75, 3.05) is 7.11 Å². The average Bonchev–Trinajstić information content (AvgIpc) is 3.28. The van der Waals surface area contributed by atoms with Crippen LogP contribution in [-0.2, 0) is 11.2 Å². The minimum Gasteiger partial charge on any atom is -0.495 e. The fraction of sp³-hybridized carbons (Fsp3) is 0.214. The summed E-state index contributed by atoms with van der Waals surface area (Å²) >= 11 is 4.96. The van der Waals surface area contributed by atoms with Gasteiger partial charge in [0.25, 0.3) is 0 Å². The van der Waals surface area contributed by atoms with Crippen LogP contribution in [0.2, 0.25) is 0 Å². The van der Waals surface area contributed by atoms with Gasteiger partial charge < -0.3 is 19.7 Å². The Bertz CT molecular complexity index is 1390. The zero-order valence-corrected chi connectivity index (χ0v) is 21.7. The van der Waals surface area contributed by atoms with Crippen molar-refractivity contribution < 1.29 is 19.7 Å². The van der Waals surface area contributed by atoms with Crippen LogP contribution in [0, 0.1) is 0 Å². The third kappa shape index (κ3) is 3.25. The molecule has 6 nitrogen and oxygen atoms in total. The van der Waals surface area contributed by atoms with E-state index in [1.807, 2.05) is 72.8 Å². The monoisotopic (exact) mass is 562 g/mol. The molecule has 1 saturated carbocycles. The van der Waals surface area contributed by atoms with E-state index in [9.17, 15) is 10.2 Å². The van der Waals surface area contributed by atoms with Crippen LogP contribution in [0.5, 0.6) is 11.5 Å². The molecular weight excluding hydrogens is 540 g/mol. The van der Waals surface area contributed by atoms with Crippen molar-refractivity contribution in [3.05, 3.63) is 113 Å². The fourth-order valence-corrected chi connectivity index (χ4v) is 7.35. The molecule has 3 heterocycles. The summed E-state index contributed by atoms with van der Waals surface area (Å²) in [6.45, 7) is 0. The number of nitrogens with zero attached hydrogens (tertiary/aromatic N) is 2. The number of benzene rings is 2. The number of halogens is 1. The second-order valence-electron chi connectivity index (χ2n) is 8.91. The van der Waals surface area contributed by atoms with Crippen LogP contribution >= 0.6 is 27.7 Å². The van der Waals surface area contributed by atoms with Gasteiger partial charge >= 0.3 is 0 Å². The third-order valence-corrected chi connectivity index (χ3v) is 8.96. The van der Waals surface area contributed by atoms with Crippen molar-refractivity contribution in [3.63, 3.8) is 0 Å². The molecule has 8 heteroatoms. The molecule has 2 N–H and O–H groups in total. The SMILES string of the molecule is COc1cncc2c1[C@]1(O)[C@H](O)[C@H](Sc3ccccn3)[C@@H](c3ccccc3)[C@]1(c1ccc(Br)cc1)O2. The number of aliphatic hydroxyl groups is 2. The normalized spacial score (nSPS) is 28.3. The number of pyridine rings is 2. The predicted molar refractivity (Wildman–Crippen MR) is 140 cm³/mol. The van der Waals surface area contributed by atoms with Gasteiger partial charge in [-0.2, -0.15) is 0 Å². The second-order valence-corrected chi connectivity index (χ2v) is 11.0. The highest BCUT2D eigenvalue weighted by molar-refractivity contribution is 9.10. The van der Waals surface area contributed by atoms with Gasteiger partial charge in [0.2, 0.25) is 0 Å². The van der Waals surface area contributed by atoms with Crippen LogP contribution in [-0.4, -0.2) is 38.6 Å². The molecule has 4 aromatic rings. The maximum atomic E-state index is 12.8. The maximum absolute atomic E-state index is 12.8. The van der Waals surface area contributed by atoms with E-state index >= 15 is 0 Å². The van der Waals surface area contributed by atoms with Crippen LogP contribution < -0.4 is 9.47 Å². The minimum absolute atomic E-state index is 0.364. The summed E-state index contributed by atoms with van der Waals surface area (Å²) < 4.78 is 13.3. The predicted octanol–water partition coefficient (Wildman–Crippen LogP) is 5.04. The van der Waals surface area contributed by atoms with Gasteiger partial charge in [-0.1, -0.05) is 76.2 Å². The molecule has 182 valence electrons. The largest absolute Gasteiger partial charge is 0.495 e. The second kappa shape index (κ2) is 8.88. The van der Waals surface area contributed by atoms with E-state index < -0.39 is 28.5 Å². The zero-order valence-electron chi connectivity index (χ0n) is 19.3. The summed E-state index contributed by atoms with van der Waals surface area (Å²) in [5, 5.41) is 25.1. The molecule has 36 heavy (non-hydrogen) atoms. The van der Waals surface area contributed by atoms with Gasteiger partial charge in [-0.05, 0) is 35.4 Å². The molecule has 0 unspecified atom stereocenters. The highest BCUT2D eigenvalue weighted by Gasteiger charge is 2.77. The van der Waals surface area contributed by atoms with E-state index in [-0.39, 0.29) is 0 Å². The van der Waals surface area contributed by atoms with Crippen LogP contribution in [0.25, 0.3) is 0 Å². The zero-order chi connectivity index (χ0) is 24.9. The van der Waals surface area contributed by atoms with Crippen LogP contribution in [0.4, 0.5) is 0 Å². The lowest BCUT2D eigenvalue weighted by Gasteiger charge is -2.40. The first-order valence-corrected chi connectivity index (χ1v) is 13.2. The van der Waals surface area contributed by atoms with E-state index in [0.29, 0.717) is 17.1 Å². The summed E-state index contributed by atoms with van der Waals surface area (Å²) in [6, 6.07) is 23.3. The van der Waals surface area contributed by atoms with Crippen molar-refractivity contribution in [1.82, 2.24) is 9.97 Å². The highest BCUT2D eigenvalue weighted by atomic mass is 79.9. The summed E-state index contributed by atoms with van der Waals surface area (Å²) in [7, 11) is 1.52. The Morgan fingerprint density at radius 2 is 1.75 bits per heavy atom. The smallest absolute Gasteiger partial charge is 0.178 e. The van der Waals surface area contributed by atoms with Crippen molar-refractivity contribution in [3.8, 4) is 11.5 Å². The quantitative estimate of drug-likeness (QED) is 0.352. The van der Waals surface area contributed by atoms with Gasteiger partial charge in [0, 0.05) is 16.6 Å². The topological polar surface area (TPSA) is 84.7 Å². The average molecular weight is 563 g/mol. The lowest BCUT2D eigenvalue weighted by molar-refractivity contribution is -0.149. The number of methoxy groups -OCH3 is 1. The van der Waals surface area contributed by atoms with Crippen molar-refractivity contribution in [2.45, 2.75) is 33.5 Å². The van der Waals surface area contributed by atoms with Gasteiger partial charge in [-0.3, -0.25) is 4.98 Å². The Morgan fingerprint density at radius 1 is 1.00 bits per heavy atom. The Morgan fingerprint density at radius 3 is 2.44 bits per heavy atom. The Labute approximate surface area is 221 Å². The summed E-state index contributed by atoms with van der Waals surface area (Å²) in [6.07, 6.45) is 3.61. The van der Waals surface area contributed by atoms with E-state index in [1.54, 1.807) is 18.6 Å². The molecule has 1 aliphatic heterocycles.